The van der Waals surface area contributed by atoms with Crippen molar-refractivity contribution in [3.63, 3.8) is 0 Å². The second-order valence-corrected chi connectivity index (χ2v) is 10.9. The number of aryl methyl sites for hydroxylation is 1. The second kappa shape index (κ2) is 9.38. The minimum absolute atomic E-state index is 0.238. The zero-order chi connectivity index (χ0) is 24.6. The van der Waals surface area contributed by atoms with Gasteiger partial charge in [0.05, 0.1) is 30.9 Å². The fourth-order valence-electron chi connectivity index (χ4n) is 5.13. The number of fused-ring (bicyclic) bond motifs is 3. The summed E-state index contributed by atoms with van der Waals surface area (Å²) in [7, 11) is -0.355. The van der Waals surface area contributed by atoms with Crippen LogP contribution in [0.3, 0.4) is 0 Å². The zero-order valence-electron chi connectivity index (χ0n) is 20.2. The van der Waals surface area contributed by atoms with Crippen molar-refractivity contribution in [1.29, 1.82) is 0 Å². The van der Waals surface area contributed by atoms with Gasteiger partial charge in [0.15, 0.2) is 11.5 Å². The number of hydrogen-bond donors (Lipinski definition) is 1. The summed E-state index contributed by atoms with van der Waals surface area (Å²) in [6.07, 6.45) is 4.57. The molecule has 2 aliphatic rings. The highest BCUT2D eigenvalue weighted by Gasteiger charge is 2.34. The molecule has 0 spiro atoms. The third-order valence-corrected chi connectivity index (χ3v) is 8.37. The van der Waals surface area contributed by atoms with Crippen LogP contribution in [-0.4, -0.2) is 34.4 Å². The fraction of sp³-hybridized carbons (Fsp3) is 0.321. The lowest BCUT2D eigenvalue weighted by atomic mass is 9.75. The minimum atomic E-state index is -3.66. The van der Waals surface area contributed by atoms with Gasteiger partial charge in [-0.25, -0.2) is 8.42 Å². The molecule has 6 nitrogen and oxygen atoms in total. The topological polar surface area (TPSA) is 77.0 Å². The molecule has 3 aromatic rings. The molecule has 1 N–H and O–H groups in total. The van der Waals surface area contributed by atoms with Crippen molar-refractivity contribution >= 4 is 21.4 Å². The molecular formula is C28H30N2O4S. The molecule has 0 unspecified atom stereocenters. The van der Waals surface area contributed by atoms with Crippen molar-refractivity contribution in [3.8, 4) is 11.5 Å². The van der Waals surface area contributed by atoms with Gasteiger partial charge in [0.25, 0.3) is 10.0 Å². The van der Waals surface area contributed by atoms with Gasteiger partial charge in [-0.1, -0.05) is 42.7 Å². The van der Waals surface area contributed by atoms with E-state index in [1.54, 1.807) is 50.6 Å². The molecule has 182 valence electrons. The van der Waals surface area contributed by atoms with E-state index in [0.717, 1.165) is 41.0 Å². The number of aliphatic imine (C=N–C) groups is 1. The minimum Gasteiger partial charge on any atom is -0.493 e. The lowest BCUT2D eigenvalue weighted by Crippen LogP contribution is -2.29. The molecule has 5 rings (SSSR count). The number of sulfonamides is 1. The van der Waals surface area contributed by atoms with Gasteiger partial charge in [-0.3, -0.25) is 9.71 Å². The van der Waals surface area contributed by atoms with E-state index in [-0.39, 0.29) is 10.9 Å². The number of benzene rings is 3. The number of ether oxygens (including phenoxy) is 2. The van der Waals surface area contributed by atoms with Crippen LogP contribution in [0.2, 0.25) is 0 Å². The highest BCUT2D eigenvalue weighted by atomic mass is 32.2. The molecular weight excluding hydrogens is 460 g/mol. The van der Waals surface area contributed by atoms with Crippen LogP contribution in [0, 0.1) is 6.92 Å². The van der Waals surface area contributed by atoms with Crippen molar-refractivity contribution in [2.24, 2.45) is 4.99 Å². The molecule has 7 heteroatoms. The number of hydrogen-bond acceptors (Lipinski definition) is 5. The Morgan fingerprint density at radius 2 is 1.54 bits per heavy atom. The van der Waals surface area contributed by atoms with E-state index < -0.39 is 10.0 Å². The summed E-state index contributed by atoms with van der Waals surface area (Å²) >= 11 is 0. The molecule has 1 aliphatic carbocycles. The van der Waals surface area contributed by atoms with Gasteiger partial charge in [-0.15, -0.1) is 0 Å². The third-order valence-electron chi connectivity index (χ3n) is 6.98. The Labute approximate surface area is 207 Å². The lowest BCUT2D eigenvalue weighted by Gasteiger charge is -2.35. The Bertz CT molecular complexity index is 1360. The zero-order valence-corrected chi connectivity index (χ0v) is 21.1. The Hall–Kier alpha value is -3.32. The summed E-state index contributed by atoms with van der Waals surface area (Å²) in [4.78, 5) is 5.43. The van der Waals surface area contributed by atoms with Crippen LogP contribution >= 0.6 is 0 Å². The molecule has 0 bridgehead atoms. The average Bonchev–Trinajstić information content (AvgIpc) is 2.88. The summed E-state index contributed by atoms with van der Waals surface area (Å²) in [5.41, 5.74) is 5.68. The van der Waals surface area contributed by atoms with Crippen LogP contribution in [0.5, 0.6) is 11.5 Å². The Balaban J connectivity index is 1.49. The normalized spacial score (nSPS) is 19.2. The van der Waals surface area contributed by atoms with E-state index in [1.165, 1.54) is 18.4 Å². The summed E-state index contributed by atoms with van der Waals surface area (Å²) in [5.74, 6) is 1.79. The second-order valence-electron chi connectivity index (χ2n) is 9.23. The van der Waals surface area contributed by atoms with Gasteiger partial charge in [0.2, 0.25) is 0 Å². The molecule has 35 heavy (non-hydrogen) atoms. The third kappa shape index (κ3) is 4.52. The summed E-state index contributed by atoms with van der Waals surface area (Å²) in [6, 6.07) is 18.6. The van der Waals surface area contributed by atoms with Gasteiger partial charge < -0.3 is 9.47 Å². The maximum atomic E-state index is 12.8. The monoisotopic (exact) mass is 490 g/mol. The van der Waals surface area contributed by atoms with Gasteiger partial charge in [0.1, 0.15) is 0 Å². The van der Waals surface area contributed by atoms with Crippen molar-refractivity contribution in [1.82, 2.24) is 0 Å². The van der Waals surface area contributed by atoms with Crippen LogP contribution in [0.4, 0.5) is 5.69 Å². The quantitative estimate of drug-likeness (QED) is 0.482. The predicted octanol–water partition coefficient (Wildman–Crippen LogP) is 5.69. The maximum absolute atomic E-state index is 12.8. The molecule has 0 aromatic heterocycles. The van der Waals surface area contributed by atoms with Crippen molar-refractivity contribution < 1.29 is 17.9 Å². The largest absolute Gasteiger partial charge is 0.493 e. The van der Waals surface area contributed by atoms with Crippen LogP contribution in [0.1, 0.15) is 53.9 Å². The van der Waals surface area contributed by atoms with E-state index in [0.29, 0.717) is 17.4 Å². The lowest BCUT2D eigenvalue weighted by molar-refractivity contribution is 0.349. The highest BCUT2D eigenvalue weighted by Crippen LogP contribution is 2.44. The summed E-state index contributed by atoms with van der Waals surface area (Å²) in [5, 5.41) is 0. The first-order valence-corrected chi connectivity index (χ1v) is 13.4. The Kier molecular flexibility index (Phi) is 6.28. The van der Waals surface area contributed by atoms with E-state index >= 15 is 0 Å². The van der Waals surface area contributed by atoms with Crippen molar-refractivity contribution in [3.05, 3.63) is 82.9 Å². The summed E-state index contributed by atoms with van der Waals surface area (Å²) in [6.45, 7) is 1.93. The van der Waals surface area contributed by atoms with Gasteiger partial charge >= 0.3 is 0 Å². The Morgan fingerprint density at radius 3 is 2.23 bits per heavy atom. The van der Waals surface area contributed by atoms with E-state index in [1.807, 2.05) is 25.1 Å². The number of anilines is 1. The first-order chi connectivity index (χ1) is 16.9. The molecule has 2 atom stereocenters. The smallest absolute Gasteiger partial charge is 0.261 e. The molecule has 1 heterocycles. The average molecular weight is 491 g/mol. The molecule has 0 radical (unpaired) electrons. The predicted molar refractivity (Wildman–Crippen MR) is 139 cm³/mol. The van der Waals surface area contributed by atoms with Crippen LogP contribution in [-0.2, 0) is 10.0 Å². The highest BCUT2D eigenvalue weighted by molar-refractivity contribution is 7.92. The molecule has 1 fully saturated rings. The number of nitrogens with zero attached hydrogens (tertiary/aromatic N) is 1. The molecule has 0 amide bonds. The van der Waals surface area contributed by atoms with E-state index in [2.05, 4.69) is 10.8 Å². The van der Waals surface area contributed by atoms with Crippen molar-refractivity contribution in [2.75, 3.05) is 18.9 Å². The Morgan fingerprint density at radius 1 is 0.886 bits per heavy atom. The number of nitrogens with one attached hydrogen (secondary N) is 1. The SMILES string of the molecule is COc1cc2c(cc1OC)[C@H]1CCCC[C@H]1N=C2c1ccc(NS(=O)(=O)c2ccc(C)cc2)cc1. The van der Waals surface area contributed by atoms with Crippen LogP contribution < -0.4 is 14.2 Å². The standard InChI is InChI=1S/C28H30N2O4S/c1-18-8-14-21(15-9-18)35(31,32)30-20-12-10-19(11-13-20)28-24-17-27(34-3)26(33-2)16-23(24)22-6-4-5-7-25(22)29-28/h8-17,22,25,30H,4-7H2,1-3H3/t22-,25-/m1/s1. The first-order valence-electron chi connectivity index (χ1n) is 11.9. The number of methoxy groups -OCH3 is 2. The van der Waals surface area contributed by atoms with Gasteiger partial charge in [-0.05, 0) is 61.7 Å². The summed E-state index contributed by atoms with van der Waals surface area (Å²) < 4.78 is 39.4. The molecule has 1 saturated carbocycles. The van der Waals surface area contributed by atoms with E-state index in [4.69, 9.17) is 14.5 Å². The van der Waals surface area contributed by atoms with Crippen LogP contribution in [0.15, 0.2) is 70.6 Å². The molecule has 0 saturated heterocycles. The van der Waals surface area contributed by atoms with Gasteiger partial charge in [0, 0.05) is 22.7 Å². The maximum Gasteiger partial charge on any atom is 0.261 e. The van der Waals surface area contributed by atoms with E-state index in [9.17, 15) is 8.42 Å². The van der Waals surface area contributed by atoms with Gasteiger partial charge in [-0.2, -0.15) is 0 Å². The molecule has 3 aromatic carbocycles. The first kappa shape index (κ1) is 23.4. The number of rotatable bonds is 6. The molecule has 1 aliphatic heterocycles. The fourth-order valence-corrected chi connectivity index (χ4v) is 6.19. The van der Waals surface area contributed by atoms with Crippen molar-refractivity contribution in [2.45, 2.75) is 49.5 Å². The van der Waals surface area contributed by atoms with Crippen LogP contribution in [0.25, 0.3) is 0 Å².